The lowest BCUT2D eigenvalue weighted by Crippen LogP contribution is -2.43. The number of benzene rings is 2. The fourth-order valence-electron chi connectivity index (χ4n) is 8.35. The van der Waals surface area contributed by atoms with Gasteiger partial charge in [-0.05, 0) is 110 Å². The van der Waals surface area contributed by atoms with E-state index in [0.29, 0.717) is 100 Å². The molecular weight excluding hydrogens is 1000 g/mol. The molecule has 370 valence electrons. The minimum Gasteiger partial charge on any atom is -0.481 e. The summed E-state index contributed by atoms with van der Waals surface area (Å²) in [5.74, 6) is -0.287. The Balaban J connectivity index is 0.000000191. The maximum atomic E-state index is 12.1. The predicted octanol–water partition coefficient (Wildman–Crippen LogP) is 7.77. The lowest BCUT2D eigenvalue weighted by molar-refractivity contribution is -0.150. The minimum absolute atomic E-state index is 0.271. The highest BCUT2D eigenvalue weighted by molar-refractivity contribution is 9.10. The smallest absolute Gasteiger partial charge is 0.321 e. The zero-order chi connectivity index (χ0) is 49.6. The largest absolute Gasteiger partial charge is 0.481 e. The molecule has 0 bridgehead atoms. The van der Waals surface area contributed by atoms with E-state index < -0.39 is 22.8 Å². The molecular formula is C47H56BrN13O7S2. The molecule has 0 atom stereocenters. The van der Waals surface area contributed by atoms with E-state index in [1.54, 1.807) is 26.2 Å². The quantitative estimate of drug-likeness (QED) is 0.0685. The molecule has 0 radical (unpaired) electrons. The summed E-state index contributed by atoms with van der Waals surface area (Å²) in [6.07, 6.45) is 9.40. The van der Waals surface area contributed by atoms with Gasteiger partial charge in [-0.3, -0.25) is 25.1 Å². The summed E-state index contributed by atoms with van der Waals surface area (Å²) in [5, 5.41) is 31.0. The first-order valence-corrected chi connectivity index (χ1v) is 25.6. The molecule has 6 aromatic rings. The number of halogens is 1. The van der Waals surface area contributed by atoms with Crippen LogP contribution in [0, 0.1) is 10.8 Å². The number of carboxylic acids is 2. The van der Waals surface area contributed by atoms with Crippen molar-refractivity contribution >= 4 is 105 Å². The number of ether oxygens (including phenoxy) is 1. The fourth-order valence-corrected chi connectivity index (χ4v) is 10.8. The van der Waals surface area contributed by atoms with Crippen molar-refractivity contribution in [3.63, 3.8) is 0 Å². The molecule has 3 fully saturated rings. The van der Waals surface area contributed by atoms with Crippen LogP contribution in [-0.2, 0) is 20.9 Å². The Kier molecular flexibility index (Phi) is 15.7. The van der Waals surface area contributed by atoms with Crippen LogP contribution in [0.1, 0.15) is 58.9 Å². The minimum atomic E-state index is -0.749. The summed E-state index contributed by atoms with van der Waals surface area (Å²) < 4.78 is 8.37. The van der Waals surface area contributed by atoms with E-state index in [1.165, 1.54) is 22.7 Å². The average Bonchev–Trinajstić information content (AvgIpc) is 3.96. The van der Waals surface area contributed by atoms with Gasteiger partial charge in [0.25, 0.3) is 0 Å². The molecule has 0 unspecified atom stereocenters. The molecule has 0 aliphatic carbocycles. The van der Waals surface area contributed by atoms with E-state index in [-0.39, 0.29) is 12.1 Å². The highest BCUT2D eigenvalue weighted by atomic mass is 79.9. The van der Waals surface area contributed by atoms with Crippen LogP contribution < -0.4 is 31.1 Å². The number of carbonyl (C=O) groups is 4. The van der Waals surface area contributed by atoms with E-state index in [1.807, 2.05) is 54.2 Å². The van der Waals surface area contributed by atoms with E-state index in [9.17, 15) is 29.4 Å². The number of carboxylic acid groups (broad SMARTS) is 2. The molecule has 3 aliphatic rings. The number of thiazole rings is 2. The van der Waals surface area contributed by atoms with Crippen LogP contribution in [0.15, 0.2) is 53.5 Å². The van der Waals surface area contributed by atoms with Gasteiger partial charge in [-0.1, -0.05) is 22.7 Å². The summed E-state index contributed by atoms with van der Waals surface area (Å²) in [7, 11) is 0. The molecule has 70 heavy (non-hydrogen) atoms. The molecule has 4 amide bonds. The number of amides is 4. The number of aromatic nitrogens is 6. The Morgan fingerprint density at radius 2 is 1.07 bits per heavy atom. The van der Waals surface area contributed by atoms with Crippen molar-refractivity contribution in [1.82, 2.24) is 45.4 Å². The Bertz CT molecular complexity index is 2840. The van der Waals surface area contributed by atoms with Gasteiger partial charge in [-0.15, -0.1) is 0 Å². The molecule has 4 aromatic heterocycles. The van der Waals surface area contributed by atoms with Crippen molar-refractivity contribution in [3.05, 3.63) is 59.1 Å². The molecule has 9 rings (SSSR count). The van der Waals surface area contributed by atoms with E-state index in [2.05, 4.69) is 73.1 Å². The van der Waals surface area contributed by atoms with Gasteiger partial charge in [0.15, 0.2) is 10.3 Å². The summed E-state index contributed by atoms with van der Waals surface area (Å²) in [6.45, 7) is 14.7. The normalized spacial score (nSPS) is 16.8. The Hall–Kier alpha value is -6.14. The third kappa shape index (κ3) is 11.7. The highest BCUT2D eigenvalue weighted by Gasteiger charge is 2.38. The van der Waals surface area contributed by atoms with Crippen molar-refractivity contribution in [2.45, 2.75) is 59.9 Å². The molecule has 2 aromatic carbocycles. The summed E-state index contributed by atoms with van der Waals surface area (Å²) in [6, 6.07) is 7.53. The van der Waals surface area contributed by atoms with Crippen LogP contribution >= 0.6 is 38.6 Å². The van der Waals surface area contributed by atoms with Crippen molar-refractivity contribution in [1.29, 1.82) is 0 Å². The number of piperidine rings is 2. The van der Waals surface area contributed by atoms with Crippen LogP contribution in [0.4, 0.5) is 31.7 Å². The van der Waals surface area contributed by atoms with Crippen molar-refractivity contribution in [2.75, 3.05) is 86.0 Å². The summed E-state index contributed by atoms with van der Waals surface area (Å²) >= 11 is 6.47. The Morgan fingerprint density at radius 1 is 0.643 bits per heavy atom. The third-order valence-electron chi connectivity index (χ3n) is 12.9. The van der Waals surface area contributed by atoms with Gasteiger partial charge in [0, 0.05) is 99.3 Å². The van der Waals surface area contributed by atoms with Gasteiger partial charge < -0.3 is 35.4 Å². The van der Waals surface area contributed by atoms with Gasteiger partial charge in [-0.2, -0.15) is 0 Å². The molecule has 7 heterocycles. The maximum absolute atomic E-state index is 12.1. The molecule has 20 nitrogen and oxygen atoms in total. The zero-order valence-electron chi connectivity index (χ0n) is 39.4. The molecule has 3 aliphatic heterocycles. The number of fused-ring (bicyclic) bond motifs is 2. The monoisotopic (exact) mass is 1060 g/mol. The van der Waals surface area contributed by atoms with Crippen molar-refractivity contribution in [3.8, 4) is 22.3 Å². The molecule has 0 saturated carbocycles. The molecule has 0 spiro atoms. The first-order valence-electron chi connectivity index (χ1n) is 23.2. The van der Waals surface area contributed by atoms with Gasteiger partial charge in [0.2, 0.25) is 11.9 Å². The lowest BCUT2D eigenvalue weighted by Gasteiger charge is -2.36. The van der Waals surface area contributed by atoms with Gasteiger partial charge in [0.1, 0.15) is 0 Å². The molecule has 23 heteroatoms. The Morgan fingerprint density at radius 3 is 1.51 bits per heavy atom. The van der Waals surface area contributed by atoms with Crippen LogP contribution in [0.3, 0.4) is 0 Å². The lowest BCUT2D eigenvalue weighted by atomic mass is 9.80. The number of carbonyl (C=O) groups excluding carboxylic acids is 2. The fraction of sp³-hybridized carbons (Fsp3) is 0.447. The number of urea groups is 2. The van der Waals surface area contributed by atoms with Crippen LogP contribution in [0.25, 0.3) is 42.7 Å². The van der Waals surface area contributed by atoms with Gasteiger partial charge in [0.05, 0.1) is 44.5 Å². The van der Waals surface area contributed by atoms with E-state index in [0.717, 1.165) is 72.4 Å². The number of nitrogens with zero attached hydrogens (tertiary/aromatic N) is 9. The second-order valence-electron chi connectivity index (χ2n) is 17.9. The standard InChI is InChI=1S/C26H33N7O4S.C21H23BrN6O3S/c1-3-27-24(36)31-25-30-20-13-17(12-18(21(20)38-25)16-32-8-10-37-11-9-32)19-14-28-23(29-15-19)33-6-4-26(2,5-7-33)22(34)35;1-3-23-19(31)27-20-26-15-9-12(8-14(22)16(15)32-20)13-10-24-18(25-11-13)28-6-4-21(2,5-7-28)17(29)30/h12-15H,3-11,16H2,1-2H3,(H,34,35)(H2,27,30,31,36);8-11H,3-7H2,1-2H3,(H,29,30)(H2,23,26,27,31). The number of anilines is 4. The van der Waals surface area contributed by atoms with E-state index in [4.69, 9.17) is 9.72 Å². The summed E-state index contributed by atoms with van der Waals surface area (Å²) in [4.78, 5) is 80.8. The topological polar surface area (TPSA) is 253 Å². The molecule has 6 N–H and O–H groups in total. The predicted molar refractivity (Wildman–Crippen MR) is 275 cm³/mol. The number of hydrogen-bond acceptors (Lipinski definition) is 16. The zero-order valence-corrected chi connectivity index (χ0v) is 42.6. The van der Waals surface area contributed by atoms with Gasteiger partial charge >= 0.3 is 24.0 Å². The first kappa shape index (κ1) is 50.3. The van der Waals surface area contributed by atoms with Crippen LogP contribution in [0.2, 0.25) is 0 Å². The number of morpholine rings is 1. The second-order valence-corrected chi connectivity index (χ2v) is 20.8. The average molecular weight is 1060 g/mol. The Labute approximate surface area is 420 Å². The third-order valence-corrected chi connectivity index (χ3v) is 15.9. The number of nitrogens with one attached hydrogen (secondary N) is 4. The first-order chi connectivity index (χ1) is 33.6. The van der Waals surface area contributed by atoms with Crippen molar-refractivity contribution in [2.24, 2.45) is 10.8 Å². The van der Waals surface area contributed by atoms with Crippen molar-refractivity contribution < 1.29 is 34.1 Å². The SMILES string of the molecule is CCNC(=O)Nc1nc2cc(-c3cnc(N4CCC(C)(C(=O)O)CC4)nc3)cc(Br)c2s1.CCNC(=O)Nc1nc2cc(-c3cnc(N4CCC(C)(C(=O)O)CC4)nc3)cc(CN3CCOCC3)c2s1. The maximum Gasteiger partial charge on any atom is 0.321 e. The number of hydrogen-bond donors (Lipinski definition) is 6. The summed E-state index contributed by atoms with van der Waals surface area (Å²) in [5.41, 5.74) is 4.91. The second kappa shape index (κ2) is 21.9. The van der Waals surface area contributed by atoms with Crippen LogP contribution in [0.5, 0.6) is 0 Å². The number of rotatable bonds is 12. The number of aliphatic carboxylic acids is 2. The highest BCUT2D eigenvalue weighted by Crippen LogP contribution is 2.38. The molecule has 3 saturated heterocycles. The van der Waals surface area contributed by atoms with Gasteiger partial charge in [-0.25, -0.2) is 39.5 Å². The van der Waals surface area contributed by atoms with E-state index >= 15 is 0 Å². The van der Waals surface area contributed by atoms with Crippen LogP contribution in [-0.4, -0.2) is 135 Å².